The molecule has 4 atom stereocenters. The van der Waals surface area contributed by atoms with Gasteiger partial charge in [-0.3, -0.25) is 4.79 Å². The van der Waals surface area contributed by atoms with Crippen LogP contribution >= 0.6 is 34.8 Å². The summed E-state index contributed by atoms with van der Waals surface area (Å²) in [5.74, 6) is 0.512. The van der Waals surface area contributed by atoms with Crippen LogP contribution in [0.1, 0.15) is 49.7 Å². The van der Waals surface area contributed by atoms with Gasteiger partial charge < -0.3 is 5.32 Å². The summed E-state index contributed by atoms with van der Waals surface area (Å²) < 4.78 is 0. The van der Waals surface area contributed by atoms with Gasteiger partial charge >= 0.3 is 0 Å². The normalized spacial score (nSPS) is 32.9. The molecule has 2 nitrogen and oxygen atoms in total. The van der Waals surface area contributed by atoms with Crippen LogP contribution < -0.4 is 5.32 Å². The molecule has 2 aliphatic rings. The van der Waals surface area contributed by atoms with Gasteiger partial charge in [0, 0.05) is 27.0 Å². The zero-order valence-electron chi connectivity index (χ0n) is 15.4. The predicted molar refractivity (Wildman–Crippen MR) is 112 cm³/mol. The molecule has 1 N–H and O–H groups in total. The lowest BCUT2D eigenvalue weighted by Gasteiger charge is -2.52. The number of amides is 1. The third-order valence-corrected chi connectivity index (χ3v) is 7.83. The van der Waals surface area contributed by atoms with Gasteiger partial charge in [0.05, 0.1) is 5.41 Å². The fourth-order valence-electron chi connectivity index (χ4n) is 5.23. The van der Waals surface area contributed by atoms with Crippen LogP contribution in [0.25, 0.3) is 0 Å². The fraction of sp³-hybridized carbons (Fsp3) is 0.409. The minimum absolute atomic E-state index is 0.145. The van der Waals surface area contributed by atoms with Crippen molar-refractivity contribution < 1.29 is 4.79 Å². The summed E-state index contributed by atoms with van der Waals surface area (Å²) in [7, 11) is 0. The van der Waals surface area contributed by atoms with Gasteiger partial charge in [-0.2, -0.15) is 0 Å². The van der Waals surface area contributed by atoms with E-state index in [2.05, 4.69) is 31.3 Å². The summed E-state index contributed by atoms with van der Waals surface area (Å²) in [5.41, 5.74) is 1.68. The van der Waals surface area contributed by atoms with E-state index in [0.29, 0.717) is 21.6 Å². The van der Waals surface area contributed by atoms with Crippen molar-refractivity contribution in [3.05, 3.63) is 68.7 Å². The first-order valence-electron chi connectivity index (χ1n) is 9.25. The van der Waals surface area contributed by atoms with E-state index in [-0.39, 0.29) is 23.2 Å². The number of carbonyl (C=O) groups is 1. The quantitative estimate of drug-likeness (QED) is 0.592. The number of hydrogen-bond donors (Lipinski definition) is 1. The third kappa shape index (κ3) is 2.88. The van der Waals surface area contributed by atoms with Crippen molar-refractivity contribution >= 4 is 40.7 Å². The maximum atomic E-state index is 12.7. The predicted octanol–water partition coefficient (Wildman–Crippen LogP) is 6.45. The van der Waals surface area contributed by atoms with Gasteiger partial charge in [0.25, 0.3) is 0 Å². The van der Waals surface area contributed by atoms with Crippen molar-refractivity contribution in [3.8, 4) is 0 Å². The lowest BCUT2D eigenvalue weighted by Crippen LogP contribution is -2.48. The van der Waals surface area contributed by atoms with E-state index in [1.54, 1.807) is 0 Å². The Kier molecular flexibility index (Phi) is 4.73. The minimum atomic E-state index is -0.396. The summed E-state index contributed by atoms with van der Waals surface area (Å²) >= 11 is 18.9. The molecule has 0 bridgehead atoms. The summed E-state index contributed by atoms with van der Waals surface area (Å²) in [5, 5.41) is 5.17. The van der Waals surface area contributed by atoms with Gasteiger partial charge in [0.1, 0.15) is 0 Å². The minimum Gasteiger partial charge on any atom is -0.355 e. The number of hydrogen-bond acceptors (Lipinski definition) is 1. The van der Waals surface area contributed by atoms with Crippen LogP contribution in [0, 0.1) is 10.8 Å². The molecule has 0 unspecified atom stereocenters. The molecule has 142 valence electrons. The molecule has 5 heteroatoms. The van der Waals surface area contributed by atoms with Crippen LogP contribution in [-0.2, 0) is 4.79 Å². The molecule has 4 rings (SSSR count). The van der Waals surface area contributed by atoms with E-state index in [0.717, 1.165) is 18.4 Å². The van der Waals surface area contributed by atoms with E-state index >= 15 is 0 Å². The molecule has 27 heavy (non-hydrogen) atoms. The van der Waals surface area contributed by atoms with Crippen molar-refractivity contribution in [1.82, 2.24) is 5.32 Å². The van der Waals surface area contributed by atoms with Crippen molar-refractivity contribution in [2.45, 2.75) is 38.5 Å². The number of carbonyl (C=O) groups excluding carboxylic acids is 1. The summed E-state index contributed by atoms with van der Waals surface area (Å²) in [6, 6.07) is 13.8. The van der Waals surface area contributed by atoms with Crippen molar-refractivity contribution in [2.75, 3.05) is 6.54 Å². The highest BCUT2D eigenvalue weighted by Crippen LogP contribution is 2.64. The highest BCUT2D eigenvalue weighted by atomic mass is 35.5. The molecule has 1 aliphatic heterocycles. The molecule has 1 saturated carbocycles. The second kappa shape index (κ2) is 6.69. The largest absolute Gasteiger partial charge is 0.355 e. The summed E-state index contributed by atoms with van der Waals surface area (Å²) in [4.78, 5) is 12.7. The third-order valence-electron chi connectivity index (χ3n) is 7.01. The maximum Gasteiger partial charge on any atom is 0.226 e. The van der Waals surface area contributed by atoms with Gasteiger partial charge in [-0.15, -0.1) is 0 Å². The molecule has 1 aliphatic carbocycles. The molecule has 0 spiro atoms. The number of benzene rings is 2. The Bertz CT molecular complexity index is 897. The van der Waals surface area contributed by atoms with Crippen LogP contribution in [0.2, 0.25) is 15.1 Å². The standard InChI is InChI=1S/C22H22Cl3NO/c1-21-10-9-17(16-8-7-15(24)11-18(16)25)19(13-3-5-14(23)6-4-13)22(21,2)12-26-20(21)27/h3-8,11,17,19H,9-10,12H2,1-2H3,(H,26,27)/t17-,19+,21-,22-/m0/s1. The first kappa shape index (κ1) is 19.1. The van der Waals surface area contributed by atoms with Gasteiger partial charge in [-0.05, 0) is 60.1 Å². The number of nitrogens with one attached hydrogen (secondary N) is 1. The Morgan fingerprint density at radius 2 is 1.67 bits per heavy atom. The van der Waals surface area contributed by atoms with Crippen LogP contribution in [0.3, 0.4) is 0 Å². The Balaban J connectivity index is 1.88. The van der Waals surface area contributed by atoms with Crippen molar-refractivity contribution in [2.24, 2.45) is 10.8 Å². The monoisotopic (exact) mass is 421 g/mol. The van der Waals surface area contributed by atoms with Gasteiger partial charge in [-0.25, -0.2) is 0 Å². The van der Waals surface area contributed by atoms with Crippen LogP contribution in [0.4, 0.5) is 0 Å². The summed E-state index contributed by atoms with van der Waals surface area (Å²) in [6.45, 7) is 5.01. The summed E-state index contributed by atoms with van der Waals surface area (Å²) in [6.07, 6.45) is 1.73. The highest BCUT2D eigenvalue weighted by Gasteiger charge is 2.62. The number of halogens is 3. The SMILES string of the molecule is C[C@@]12CC[C@@H](c3ccc(Cl)cc3Cl)[C@@H](c3ccc(Cl)cc3)[C@]1(C)CNC2=O. The van der Waals surface area contributed by atoms with E-state index in [9.17, 15) is 4.79 Å². The lowest BCUT2D eigenvalue weighted by atomic mass is 9.49. The topological polar surface area (TPSA) is 29.1 Å². The van der Waals surface area contributed by atoms with E-state index in [1.165, 1.54) is 5.56 Å². The molecule has 1 heterocycles. The smallest absolute Gasteiger partial charge is 0.226 e. The molecule has 0 radical (unpaired) electrons. The molecular formula is C22H22Cl3NO. The van der Waals surface area contributed by atoms with Crippen molar-refractivity contribution in [1.29, 1.82) is 0 Å². The highest BCUT2D eigenvalue weighted by molar-refractivity contribution is 6.35. The molecular weight excluding hydrogens is 401 g/mol. The molecule has 2 aromatic carbocycles. The molecule has 1 saturated heterocycles. The number of fused-ring (bicyclic) bond motifs is 1. The maximum absolute atomic E-state index is 12.7. The molecule has 2 fully saturated rings. The molecule has 2 aromatic rings. The zero-order valence-corrected chi connectivity index (χ0v) is 17.6. The second-order valence-corrected chi connectivity index (χ2v) is 9.55. The zero-order chi connectivity index (χ0) is 19.4. The number of rotatable bonds is 2. The van der Waals surface area contributed by atoms with Gasteiger partial charge in [-0.1, -0.05) is 66.8 Å². The molecule has 0 aromatic heterocycles. The Morgan fingerprint density at radius 3 is 2.33 bits per heavy atom. The Hall–Kier alpha value is -1.22. The first-order chi connectivity index (χ1) is 12.8. The first-order valence-corrected chi connectivity index (χ1v) is 10.4. The Morgan fingerprint density at radius 1 is 1.00 bits per heavy atom. The fourth-order valence-corrected chi connectivity index (χ4v) is 5.90. The van der Waals surface area contributed by atoms with Crippen molar-refractivity contribution in [3.63, 3.8) is 0 Å². The van der Waals surface area contributed by atoms with E-state index in [1.807, 2.05) is 30.3 Å². The van der Waals surface area contributed by atoms with E-state index in [4.69, 9.17) is 34.8 Å². The van der Waals surface area contributed by atoms with Crippen LogP contribution in [-0.4, -0.2) is 12.5 Å². The van der Waals surface area contributed by atoms with Crippen LogP contribution in [0.5, 0.6) is 0 Å². The molecule has 1 amide bonds. The van der Waals surface area contributed by atoms with E-state index < -0.39 is 5.41 Å². The van der Waals surface area contributed by atoms with Crippen LogP contribution in [0.15, 0.2) is 42.5 Å². The van der Waals surface area contributed by atoms with Gasteiger partial charge in [0.15, 0.2) is 0 Å². The lowest BCUT2D eigenvalue weighted by molar-refractivity contribution is -0.133. The second-order valence-electron chi connectivity index (χ2n) is 8.27. The Labute approximate surface area is 175 Å². The van der Waals surface area contributed by atoms with Gasteiger partial charge in [0.2, 0.25) is 5.91 Å². The average Bonchev–Trinajstić information content (AvgIpc) is 2.86. The average molecular weight is 423 g/mol.